The fourth-order valence-electron chi connectivity index (χ4n) is 3.17. The molecule has 0 aliphatic heterocycles. The van der Waals surface area contributed by atoms with Crippen LogP contribution >= 0.6 is 23.2 Å². The first-order valence-electron chi connectivity index (χ1n) is 9.55. The van der Waals surface area contributed by atoms with Crippen molar-refractivity contribution >= 4 is 52.0 Å². The van der Waals surface area contributed by atoms with E-state index in [9.17, 15) is 26.7 Å². The molecule has 4 aromatic rings. The summed E-state index contributed by atoms with van der Waals surface area (Å²) >= 11 is 12.0. The third-order valence-electron chi connectivity index (χ3n) is 4.73. The molecular formula is C23H11Cl2F5N2O3. The monoisotopic (exact) mass is 528 g/mol. The fraction of sp³-hybridized carbons (Fsp3) is 0.0435. The number of fused-ring (bicyclic) bond motifs is 1. The summed E-state index contributed by atoms with van der Waals surface area (Å²) in [5.41, 5.74) is -0.676. The Morgan fingerprint density at radius 1 is 1.00 bits per heavy atom. The van der Waals surface area contributed by atoms with Crippen molar-refractivity contribution in [3.63, 3.8) is 0 Å². The summed E-state index contributed by atoms with van der Waals surface area (Å²) in [5, 5.41) is 3.12. The molecule has 1 heterocycles. The van der Waals surface area contributed by atoms with Crippen molar-refractivity contribution in [2.75, 3.05) is 12.4 Å². The summed E-state index contributed by atoms with van der Waals surface area (Å²) in [6.07, 6.45) is 2.60. The normalized spacial score (nSPS) is 11.4. The molecule has 0 fully saturated rings. The molecule has 0 unspecified atom stereocenters. The quantitative estimate of drug-likeness (QED) is 0.129. The number of anilines is 1. The third kappa shape index (κ3) is 4.67. The maximum Gasteiger partial charge on any atom is 0.248 e. The van der Waals surface area contributed by atoms with Gasteiger partial charge >= 0.3 is 0 Å². The highest BCUT2D eigenvalue weighted by atomic mass is 35.5. The summed E-state index contributed by atoms with van der Waals surface area (Å²) in [6, 6.07) is 7.00. The van der Waals surface area contributed by atoms with Gasteiger partial charge in [0.15, 0.2) is 28.9 Å². The number of benzene rings is 3. The van der Waals surface area contributed by atoms with Crippen molar-refractivity contribution in [2.45, 2.75) is 0 Å². The second-order valence-electron chi connectivity index (χ2n) is 6.98. The van der Waals surface area contributed by atoms with Gasteiger partial charge in [-0.25, -0.2) is 26.9 Å². The lowest BCUT2D eigenvalue weighted by Gasteiger charge is -2.08. The Morgan fingerprint density at radius 2 is 1.66 bits per heavy atom. The average Bonchev–Trinajstić information content (AvgIpc) is 3.22. The number of ether oxygens (including phenoxy) is 1. The molecule has 1 aromatic heterocycles. The maximum absolute atomic E-state index is 14.1. The van der Waals surface area contributed by atoms with Crippen LogP contribution in [-0.2, 0) is 4.79 Å². The molecule has 180 valence electrons. The van der Waals surface area contributed by atoms with E-state index in [1.165, 1.54) is 43.5 Å². The van der Waals surface area contributed by atoms with Crippen LogP contribution in [0.5, 0.6) is 5.75 Å². The van der Waals surface area contributed by atoms with Gasteiger partial charge in [-0.3, -0.25) is 4.79 Å². The molecule has 1 N–H and O–H groups in total. The topological polar surface area (TPSA) is 64.4 Å². The van der Waals surface area contributed by atoms with Gasteiger partial charge in [-0.2, -0.15) is 0 Å². The smallest absolute Gasteiger partial charge is 0.248 e. The Kier molecular flexibility index (Phi) is 6.68. The minimum atomic E-state index is -2.30. The van der Waals surface area contributed by atoms with Gasteiger partial charge in [0.05, 0.1) is 12.1 Å². The van der Waals surface area contributed by atoms with Crippen LogP contribution in [0.3, 0.4) is 0 Å². The molecule has 0 radical (unpaired) electrons. The molecule has 0 atom stereocenters. The highest BCUT2D eigenvalue weighted by molar-refractivity contribution is 6.36. The van der Waals surface area contributed by atoms with Crippen molar-refractivity contribution in [2.24, 2.45) is 0 Å². The van der Waals surface area contributed by atoms with E-state index < -0.39 is 46.4 Å². The van der Waals surface area contributed by atoms with E-state index in [0.717, 1.165) is 0 Å². The molecule has 4 rings (SSSR count). The number of rotatable bonds is 5. The number of halogens is 7. The van der Waals surface area contributed by atoms with Crippen LogP contribution < -0.4 is 10.1 Å². The Hall–Kier alpha value is -3.63. The van der Waals surface area contributed by atoms with Gasteiger partial charge in [0.1, 0.15) is 16.8 Å². The van der Waals surface area contributed by atoms with Gasteiger partial charge in [0, 0.05) is 22.3 Å². The standard InChI is InChI=1S/C23H11Cl2F5N2O3/c1-34-22-9(6-10(24)7-12(22)25)2-5-15(33)31-11-3-4-14-13(8-11)32-23(35-14)16-17(26)19(28)21(30)20(29)18(16)27/h2-8H,1H3,(H,31,33). The molecule has 3 aromatic carbocycles. The fourth-order valence-corrected chi connectivity index (χ4v) is 3.76. The SMILES string of the molecule is COc1c(Cl)cc(Cl)cc1C=CC(=O)Nc1ccc2oc(-c3c(F)c(F)c(F)c(F)c3F)nc2c1. The van der Waals surface area contributed by atoms with Crippen molar-refractivity contribution in [3.8, 4) is 17.2 Å². The van der Waals surface area contributed by atoms with Crippen molar-refractivity contribution in [1.82, 2.24) is 4.98 Å². The molecule has 0 aliphatic carbocycles. The molecule has 12 heteroatoms. The molecule has 35 heavy (non-hydrogen) atoms. The summed E-state index contributed by atoms with van der Waals surface area (Å²) in [4.78, 5) is 16.2. The Labute approximate surface area is 203 Å². The van der Waals surface area contributed by atoms with Gasteiger partial charge in [-0.05, 0) is 36.4 Å². The lowest BCUT2D eigenvalue weighted by Crippen LogP contribution is -2.07. The van der Waals surface area contributed by atoms with Gasteiger partial charge in [0.25, 0.3) is 0 Å². The number of carbonyl (C=O) groups excluding carboxylic acids is 1. The number of nitrogens with zero attached hydrogens (tertiary/aromatic N) is 1. The predicted molar refractivity (Wildman–Crippen MR) is 120 cm³/mol. The summed E-state index contributed by atoms with van der Waals surface area (Å²) in [7, 11) is 1.40. The zero-order valence-corrected chi connectivity index (χ0v) is 18.9. The summed E-state index contributed by atoms with van der Waals surface area (Å²) in [5.74, 6) is -11.8. The van der Waals surface area contributed by atoms with Crippen molar-refractivity contribution in [1.29, 1.82) is 0 Å². The number of carbonyl (C=O) groups is 1. The molecule has 0 aliphatic rings. The van der Waals surface area contributed by atoms with E-state index >= 15 is 0 Å². The van der Waals surface area contributed by atoms with Crippen LogP contribution in [0.15, 0.2) is 40.8 Å². The van der Waals surface area contributed by atoms with Crippen LogP contribution in [0, 0.1) is 29.1 Å². The van der Waals surface area contributed by atoms with Crippen molar-refractivity contribution < 1.29 is 35.9 Å². The third-order valence-corrected chi connectivity index (χ3v) is 5.23. The van der Waals surface area contributed by atoms with Crippen LogP contribution in [0.1, 0.15) is 5.56 Å². The van der Waals surface area contributed by atoms with Crippen LogP contribution in [0.25, 0.3) is 28.6 Å². The summed E-state index contributed by atoms with van der Waals surface area (Å²) in [6.45, 7) is 0. The van der Waals surface area contributed by atoms with E-state index in [1.807, 2.05) is 0 Å². The molecule has 1 amide bonds. The highest BCUT2D eigenvalue weighted by Crippen LogP contribution is 2.34. The predicted octanol–water partition coefficient (Wildman–Crippen LogP) is 7.16. The Morgan fingerprint density at radius 3 is 2.31 bits per heavy atom. The van der Waals surface area contributed by atoms with Crippen LogP contribution in [0.4, 0.5) is 27.6 Å². The van der Waals surface area contributed by atoms with Crippen molar-refractivity contribution in [3.05, 3.63) is 81.1 Å². The Balaban J connectivity index is 1.61. The molecular weight excluding hydrogens is 518 g/mol. The average molecular weight is 529 g/mol. The molecule has 0 bridgehead atoms. The van der Waals surface area contributed by atoms with Gasteiger partial charge in [0.2, 0.25) is 17.6 Å². The zero-order valence-electron chi connectivity index (χ0n) is 17.4. The number of hydrogen-bond donors (Lipinski definition) is 1. The Bertz CT molecular complexity index is 1490. The van der Waals surface area contributed by atoms with E-state index in [-0.39, 0.29) is 21.8 Å². The number of nitrogens with one attached hydrogen (secondary N) is 1. The summed E-state index contributed by atoms with van der Waals surface area (Å²) < 4.78 is 78.9. The zero-order chi connectivity index (χ0) is 25.4. The largest absolute Gasteiger partial charge is 0.495 e. The van der Waals surface area contributed by atoms with Gasteiger partial charge < -0.3 is 14.5 Å². The molecule has 5 nitrogen and oxygen atoms in total. The first-order chi connectivity index (χ1) is 16.6. The maximum atomic E-state index is 14.1. The number of methoxy groups -OCH3 is 1. The molecule has 0 spiro atoms. The number of oxazole rings is 1. The number of hydrogen-bond acceptors (Lipinski definition) is 4. The van der Waals surface area contributed by atoms with E-state index in [2.05, 4.69) is 10.3 Å². The second-order valence-corrected chi connectivity index (χ2v) is 7.82. The highest BCUT2D eigenvalue weighted by Gasteiger charge is 2.29. The van der Waals surface area contributed by atoms with E-state index in [4.69, 9.17) is 32.4 Å². The molecule has 0 saturated heterocycles. The van der Waals surface area contributed by atoms with Crippen LogP contribution in [0.2, 0.25) is 10.0 Å². The van der Waals surface area contributed by atoms with Gasteiger partial charge in [-0.15, -0.1) is 0 Å². The lowest BCUT2D eigenvalue weighted by molar-refractivity contribution is -0.111. The first kappa shape index (κ1) is 24.5. The van der Waals surface area contributed by atoms with Crippen LogP contribution in [-0.4, -0.2) is 18.0 Å². The van der Waals surface area contributed by atoms with E-state index in [1.54, 1.807) is 6.07 Å². The number of aromatic nitrogens is 1. The minimum Gasteiger partial charge on any atom is -0.495 e. The lowest BCUT2D eigenvalue weighted by atomic mass is 10.1. The van der Waals surface area contributed by atoms with E-state index in [0.29, 0.717) is 16.3 Å². The van der Waals surface area contributed by atoms with Gasteiger partial charge in [-0.1, -0.05) is 23.2 Å². The second kappa shape index (κ2) is 9.55. The first-order valence-corrected chi connectivity index (χ1v) is 10.3. The minimum absolute atomic E-state index is 0.00554. The molecule has 0 saturated carbocycles. The number of amides is 1.